The fraction of sp³-hybridized carbons (Fsp3) is 0.250. The number of nitrogens with one attached hydrogen (secondary N) is 1. The molecular weight excluding hydrogens is 444 g/mol. The lowest BCUT2D eigenvalue weighted by atomic mass is 10.1. The van der Waals surface area contributed by atoms with Gasteiger partial charge in [-0.3, -0.25) is 9.59 Å². The third-order valence-electron chi connectivity index (χ3n) is 4.66. The van der Waals surface area contributed by atoms with Crippen molar-refractivity contribution in [3.05, 3.63) is 57.5 Å². The number of rotatable bonds is 6. The van der Waals surface area contributed by atoms with Crippen LogP contribution in [0.25, 0.3) is 10.9 Å². The van der Waals surface area contributed by atoms with Crippen molar-refractivity contribution in [3.8, 4) is 5.75 Å². The van der Waals surface area contributed by atoms with Crippen molar-refractivity contribution in [1.29, 1.82) is 0 Å². The normalized spacial score (nSPS) is 11.8. The molecule has 11 heteroatoms. The third kappa shape index (κ3) is 4.55. The van der Waals surface area contributed by atoms with Gasteiger partial charge in [0, 0.05) is 12.7 Å². The lowest BCUT2D eigenvalue weighted by molar-refractivity contribution is 0.102. The highest BCUT2D eigenvalue weighted by molar-refractivity contribution is 7.89. The Bertz CT molecular complexity index is 1340. The van der Waals surface area contributed by atoms with E-state index in [0.29, 0.717) is 18.5 Å². The summed E-state index contributed by atoms with van der Waals surface area (Å²) < 4.78 is 24.9. The Balaban J connectivity index is 2.20. The minimum Gasteiger partial charge on any atom is -0.506 e. The average molecular weight is 465 g/mol. The molecule has 0 bridgehead atoms. The maximum absolute atomic E-state index is 13.2. The molecule has 4 N–H and O–H groups in total. The molecule has 2 aromatic heterocycles. The van der Waals surface area contributed by atoms with E-state index in [4.69, 9.17) is 16.7 Å². The van der Waals surface area contributed by atoms with Crippen LogP contribution in [0.15, 0.2) is 46.3 Å². The Labute approximate surface area is 183 Å². The van der Waals surface area contributed by atoms with Gasteiger partial charge in [0.1, 0.15) is 11.3 Å². The fourth-order valence-electron chi connectivity index (χ4n) is 3.15. The van der Waals surface area contributed by atoms with Crippen LogP contribution < -0.4 is 16.0 Å². The number of primary sulfonamides is 1. The van der Waals surface area contributed by atoms with Gasteiger partial charge in [0.15, 0.2) is 5.03 Å². The van der Waals surface area contributed by atoms with Gasteiger partial charge in [-0.25, -0.2) is 18.5 Å². The zero-order chi connectivity index (χ0) is 22.9. The topological polar surface area (TPSA) is 144 Å². The number of nitrogens with two attached hydrogens (primary N) is 1. The van der Waals surface area contributed by atoms with E-state index >= 15 is 0 Å². The highest BCUT2D eigenvalue weighted by atomic mass is 35.5. The summed E-state index contributed by atoms with van der Waals surface area (Å²) >= 11 is 6.26. The molecule has 0 unspecified atom stereocenters. The van der Waals surface area contributed by atoms with Crippen LogP contribution in [0.4, 0.5) is 5.69 Å². The van der Waals surface area contributed by atoms with Crippen LogP contribution in [-0.4, -0.2) is 29.0 Å². The van der Waals surface area contributed by atoms with Gasteiger partial charge in [0.05, 0.1) is 21.6 Å². The Hall–Kier alpha value is -2.95. The van der Waals surface area contributed by atoms with Crippen LogP contribution in [0.1, 0.15) is 30.6 Å². The van der Waals surface area contributed by atoms with E-state index in [2.05, 4.69) is 10.3 Å². The van der Waals surface area contributed by atoms with Gasteiger partial charge in [0.2, 0.25) is 0 Å². The molecule has 1 aromatic carbocycles. The van der Waals surface area contributed by atoms with Gasteiger partial charge in [-0.2, -0.15) is 0 Å². The maximum atomic E-state index is 13.2. The van der Waals surface area contributed by atoms with Gasteiger partial charge >= 0.3 is 0 Å². The quantitative estimate of drug-likeness (QED) is 0.511. The van der Waals surface area contributed by atoms with E-state index in [1.807, 2.05) is 13.8 Å². The molecule has 0 spiro atoms. The Morgan fingerprint density at radius 2 is 2.00 bits per heavy atom. The summed E-state index contributed by atoms with van der Waals surface area (Å²) in [7, 11) is -4.24. The molecule has 0 aliphatic heterocycles. The van der Waals surface area contributed by atoms with Crippen LogP contribution in [0.5, 0.6) is 5.75 Å². The largest absolute Gasteiger partial charge is 0.506 e. The molecular formula is C20H21ClN4O5S. The monoisotopic (exact) mass is 464 g/mol. The summed E-state index contributed by atoms with van der Waals surface area (Å²) in [5.74, 6) is -1.33. The number of benzene rings is 1. The molecule has 1 amide bonds. The molecule has 31 heavy (non-hydrogen) atoms. The molecule has 0 radical (unpaired) electrons. The number of anilines is 1. The summed E-state index contributed by atoms with van der Waals surface area (Å²) in [6, 6.07) is 7.46. The van der Waals surface area contributed by atoms with Crippen LogP contribution in [-0.2, 0) is 16.6 Å². The molecule has 0 saturated heterocycles. The number of aromatic hydroxyl groups is 1. The second kappa shape index (κ2) is 8.66. The molecule has 164 valence electrons. The van der Waals surface area contributed by atoms with E-state index < -0.39 is 37.8 Å². The lowest BCUT2D eigenvalue weighted by Crippen LogP contribution is -2.31. The first kappa shape index (κ1) is 22.7. The van der Waals surface area contributed by atoms with E-state index in [9.17, 15) is 23.1 Å². The van der Waals surface area contributed by atoms with Gasteiger partial charge in [-0.1, -0.05) is 31.5 Å². The molecule has 3 rings (SSSR count). The number of carbonyl (C=O) groups is 1. The first-order valence-corrected chi connectivity index (χ1v) is 11.3. The Morgan fingerprint density at radius 3 is 2.65 bits per heavy atom. The molecule has 0 saturated carbocycles. The Morgan fingerprint density at radius 1 is 1.29 bits per heavy atom. The summed E-state index contributed by atoms with van der Waals surface area (Å²) in [6.45, 7) is 4.28. The number of carbonyl (C=O) groups excluding carboxylic acids is 1. The maximum Gasteiger partial charge on any atom is 0.267 e. The van der Waals surface area contributed by atoms with Crippen LogP contribution in [0.2, 0.25) is 5.02 Å². The molecule has 0 aliphatic carbocycles. The molecule has 0 atom stereocenters. The minimum absolute atomic E-state index is 0.149. The van der Waals surface area contributed by atoms with Crippen molar-refractivity contribution < 1.29 is 18.3 Å². The van der Waals surface area contributed by atoms with E-state index in [0.717, 1.165) is 0 Å². The fourth-order valence-corrected chi connectivity index (χ4v) is 4.05. The van der Waals surface area contributed by atoms with Gasteiger partial charge < -0.3 is 15.0 Å². The second-order valence-corrected chi connectivity index (χ2v) is 9.24. The predicted molar refractivity (Wildman–Crippen MR) is 118 cm³/mol. The van der Waals surface area contributed by atoms with Crippen molar-refractivity contribution in [2.75, 3.05) is 5.32 Å². The van der Waals surface area contributed by atoms with Crippen molar-refractivity contribution in [1.82, 2.24) is 9.55 Å². The van der Waals surface area contributed by atoms with Gasteiger partial charge in [-0.15, -0.1) is 0 Å². The number of nitrogens with zero attached hydrogens (tertiary/aromatic N) is 2. The lowest BCUT2D eigenvalue weighted by Gasteiger charge is -2.17. The standard InChI is InChI=1S/C20H21ClN4O5S/c1-11(2)8-10-25-14-7-3-5-12(21)15(14)17(26)16(20(25)28)18(27)24-13-6-4-9-23-19(13)31(22,29)30/h3-7,9,11,26H,8,10H2,1-2H3,(H,24,27)(H2,22,29,30). The zero-order valence-electron chi connectivity index (χ0n) is 16.8. The van der Waals surface area contributed by atoms with E-state index in [1.54, 1.807) is 12.1 Å². The highest BCUT2D eigenvalue weighted by Crippen LogP contribution is 2.33. The van der Waals surface area contributed by atoms with E-state index in [-0.39, 0.29) is 22.0 Å². The third-order valence-corrected chi connectivity index (χ3v) is 5.84. The van der Waals surface area contributed by atoms with Gasteiger partial charge in [-0.05, 0) is 36.6 Å². The highest BCUT2D eigenvalue weighted by Gasteiger charge is 2.25. The number of sulfonamides is 1. The molecule has 2 heterocycles. The van der Waals surface area contributed by atoms with Crippen LogP contribution in [0, 0.1) is 5.92 Å². The molecule has 3 aromatic rings. The molecule has 0 aliphatic rings. The first-order valence-electron chi connectivity index (χ1n) is 9.35. The number of hydrogen-bond acceptors (Lipinski definition) is 6. The molecule has 9 nitrogen and oxygen atoms in total. The number of hydrogen-bond donors (Lipinski definition) is 3. The SMILES string of the molecule is CC(C)CCn1c(=O)c(C(=O)Nc2cccnc2S(N)(=O)=O)c(O)c2c(Cl)cccc21. The predicted octanol–water partition coefficient (Wildman–Crippen LogP) is 2.70. The first-order chi connectivity index (χ1) is 14.5. The van der Waals surface area contributed by atoms with Crippen molar-refractivity contribution in [2.45, 2.75) is 31.8 Å². The van der Waals surface area contributed by atoms with Crippen LogP contribution >= 0.6 is 11.6 Å². The Kier molecular flexibility index (Phi) is 6.35. The summed E-state index contributed by atoms with van der Waals surface area (Å²) in [6.07, 6.45) is 1.84. The number of aryl methyl sites for hydroxylation is 1. The minimum atomic E-state index is -4.24. The summed E-state index contributed by atoms with van der Waals surface area (Å²) in [5.41, 5.74) is -1.12. The second-order valence-electron chi connectivity index (χ2n) is 7.35. The smallest absolute Gasteiger partial charge is 0.267 e. The van der Waals surface area contributed by atoms with Gasteiger partial charge in [0.25, 0.3) is 21.5 Å². The van der Waals surface area contributed by atoms with Crippen molar-refractivity contribution in [2.24, 2.45) is 11.1 Å². The average Bonchev–Trinajstić information content (AvgIpc) is 2.67. The molecule has 0 fully saturated rings. The number of amides is 1. The van der Waals surface area contributed by atoms with Crippen molar-refractivity contribution >= 4 is 44.1 Å². The van der Waals surface area contributed by atoms with Crippen molar-refractivity contribution in [3.63, 3.8) is 0 Å². The summed E-state index contributed by atoms with van der Waals surface area (Å²) in [5, 5.41) is 18.0. The number of fused-ring (bicyclic) bond motifs is 1. The zero-order valence-corrected chi connectivity index (χ0v) is 18.4. The number of pyridine rings is 2. The summed E-state index contributed by atoms with van der Waals surface area (Å²) in [4.78, 5) is 29.8. The number of halogens is 1. The van der Waals surface area contributed by atoms with E-state index in [1.165, 1.54) is 29.0 Å². The number of aromatic nitrogens is 2. The van der Waals surface area contributed by atoms with Crippen LogP contribution in [0.3, 0.4) is 0 Å².